The van der Waals surface area contributed by atoms with E-state index in [1.165, 1.54) is 29.8 Å². The average molecular weight is 539 g/mol. The van der Waals surface area contributed by atoms with Gasteiger partial charge in [-0.15, -0.1) is 24.8 Å². The van der Waals surface area contributed by atoms with Crippen molar-refractivity contribution < 1.29 is 4.79 Å². The molecule has 6 nitrogen and oxygen atoms in total. The smallest absolute Gasteiger partial charge is 0.222 e. The molecule has 202 valence electrons. The summed E-state index contributed by atoms with van der Waals surface area (Å²) in [4.78, 5) is 17.7. The van der Waals surface area contributed by atoms with Crippen molar-refractivity contribution in [3.63, 3.8) is 0 Å². The van der Waals surface area contributed by atoms with Gasteiger partial charge in [0.05, 0.1) is 5.69 Å². The fourth-order valence-electron chi connectivity index (χ4n) is 6.05. The second-order valence-electron chi connectivity index (χ2n) is 10.3. The van der Waals surface area contributed by atoms with Gasteiger partial charge in [-0.2, -0.15) is 5.10 Å². The molecule has 1 amide bonds. The molecule has 0 aliphatic carbocycles. The Balaban J connectivity index is 0.00000228. The molecule has 4 rings (SSSR count). The summed E-state index contributed by atoms with van der Waals surface area (Å²) >= 11 is 0. The normalized spacial score (nSPS) is 21.4. The summed E-state index contributed by atoms with van der Waals surface area (Å²) in [7, 11) is 0. The Kier molecular flexibility index (Phi) is 12.2. The van der Waals surface area contributed by atoms with Crippen LogP contribution in [0.3, 0.4) is 0 Å². The molecule has 2 aliphatic heterocycles. The van der Waals surface area contributed by atoms with E-state index >= 15 is 0 Å². The van der Waals surface area contributed by atoms with Crippen molar-refractivity contribution in [2.45, 2.75) is 79.1 Å². The molecule has 1 aromatic carbocycles. The molecule has 3 heterocycles. The Labute approximate surface area is 230 Å². The lowest BCUT2D eigenvalue weighted by molar-refractivity contribution is -0.131. The van der Waals surface area contributed by atoms with Crippen molar-refractivity contribution in [1.82, 2.24) is 24.9 Å². The molecule has 1 N–H and O–H groups in total. The molecule has 2 aliphatic rings. The number of likely N-dealkylation sites (tertiary alicyclic amines) is 1. The summed E-state index contributed by atoms with van der Waals surface area (Å²) in [6, 6.07) is 11.4. The minimum Gasteiger partial charge on any atom is -0.339 e. The van der Waals surface area contributed by atoms with E-state index in [9.17, 15) is 4.79 Å². The number of rotatable bonds is 10. The van der Waals surface area contributed by atoms with Crippen molar-refractivity contribution in [3.05, 3.63) is 52.8 Å². The number of halogens is 2. The molecular weight excluding hydrogens is 493 g/mol. The van der Waals surface area contributed by atoms with Crippen molar-refractivity contribution in [1.29, 1.82) is 0 Å². The minimum absolute atomic E-state index is 0. The van der Waals surface area contributed by atoms with Crippen LogP contribution in [-0.4, -0.2) is 57.7 Å². The fourth-order valence-corrected chi connectivity index (χ4v) is 6.05. The number of nitrogens with one attached hydrogen (secondary N) is 1. The van der Waals surface area contributed by atoms with Crippen LogP contribution in [0.1, 0.15) is 62.0 Å². The summed E-state index contributed by atoms with van der Waals surface area (Å²) in [6.45, 7) is 15.2. The lowest BCUT2D eigenvalue weighted by Crippen LogP contribution is -2.55. The van der Waals surface area contributed by atoms with Crippen LogP contribution in [0.5, 0.6) is 0 Å². The second-order valence-corrected chi connectivity index (χ2v) is 10.3. The van der Waals surface area contributed by atoms with Crippen LogP contribution in [0.15, 0.2) is 30.3 Å². The minimum atomic E-state index is 0. The maximum Gasteiger partial charge on any atom is 0.222 e. The number of piperidine rings is 2. The van der Waals surface area contributed by atoms with E-state index in [1.54, 1.807) is 0 Å². The zero-order chi connectivity index (χ0) is 24.1. The number of hydrogen-bond acceptors (Lipinski definition) is 4. The maximum atomic E-state index is 13.1. The molecule has 1 aromatic heterocycles. The third kappa shape index (κ3) is 7.47. The topological polar surface area (TPSA) is 53.4 Å². The Bertz CT molecular complexity index is 951. The zero-order valence-electron chi connectivity index (χ0n) is 22.4. The summed E-state index contributed by atoms with van der Waals surface area (Å²) in [5.41, 5.74) is 4.85. The summed E-state index contributed by atoms with van der Waals surface area (Å²) in [5.74, 6) is 1.72. The number of nitrogens with zero attached hydrogens (tertiary/aromatic N) is 4. The first kappa shape index (κ1) is 30.6. The van der Waals surface area contributed by atoms with Gasteiger partial charge in [0.2, 0.25) is 5.91 Å². The Morgan fingerprint density at radius 3 is 2.56 bits per heavy atom. The van der Waals surface area contributed by atoms with Gasteiger partial charge in [-0.3, -0.25) is 14.4 Å². The maximum absolute atomic E-state index is 13.1. The van der Waals surface area contributed by atoms with Gasteiger partial charge < -0.3 is 10.2 Å². The Hall–Kier alpha value is -1.60. The summed E-state index contributed by atoms with van der Waals surface area (Å²) < 4.78 is 2.04. The molecule has 2 unspecified atom stereocenters. The van der Waals surface area contributed by atoms with Gasteiger partial charge in [0.15, 0.2) is 0 Å². The predicted molar refractivity (Wildman–Crippen MR) is 152 cm³/mol. The second kappa shape index (κ2) is 14.4. The van der Waals surface area contributed by atoms with Crippen molar-refractivity contribution in [3.8, 4) is 0 Å². The fraction of sp³-hybridized carbons (Fsp3) is 0.643. The number of hydrogen-bond donors (Lipinski definition) is 1. The van der Waals surface area contributed by atoms with Gasteiger partial charge in [-0.25, -0.2) is 0 Å². The quantitative estimate of drug-likeness (QED) is 0.463. The van der Waals surface area contributed by atoms with Crippen LogP contribution in [0.4, 0.5) is 0 Å². The first-order valence-electron chi connectivity index (χ1n) is 13.3. The first-order chi connectivity index (χ1) is 16.5. The molecule has 8 heteroatoms. The Morgan fingerprint density at radius 2 is 1.89 bits per heavy atom. The number of benzene rings is 1. The summed E-state index contributed by atoms with van der Waals surface area (Å²) in [5, 5.41) is 8.45. The third-order valence-electron chi connectivity index (χ3n) is 7.95. The standard InChI is InChI=1S/C28H43N5O.2ClH/c1-5-32(20-26-21(3)30-33(6-2)22(26)4)28(34)14-10-13-27-25-15-24(16-29-27)18-31(19-25)17-23-11-8-7-9-12-23;;/h7-9,11-12,24-25,27,29H,5-6,10,13-20H2,1-4H3;2*1H/t24?,25?,27-;;/m1../s1. The van der Waals surface area contributed by atoms with Crippen molar-refractivity contribution >= 4 is 30.7 Å². The molecule has 36 heavy (non-hydrogen) atoms. The monoisotopic (exact) mass is 537 g/mol. The van der Waals surface area contributed by atoms with Gasteiger partial charge in [0.25, 0.3) is 0 Å². The van der Waals surface area contributed by atoms with E-state index < -0.39 is 0 Å². The van der Waals surface area contributed by atoms with Gasteiger partial charge in [-0.05, 0) is 70.9 Å². The Morgan fingerprint density at radius 1 is 1.14 bits per heavy atom. The predicted octanol–water partition coefficient (Wildman–Crippen LogP) is 4.99. The molecule has 0 radical (unpaired) electrons. The molecular formula is C28H45Cl2N5O. The molecule has 0 saturated carbocycles. The summed E-state index contributed by atoms with van der Waals surface area (Å²) in [6.07, 6.45) is 4.01. The van der Waals surface area contributed by atoms with E-state index in [0.717, 1.165) is 57.2 Å². The van der Waals surface area contributed by atoms with E-state index in [4.69, 9.17) is 0 Å². The number of carbonyl (C=O) groups excluding carboxylic acids is 1. The van der Waals surface area contributed by atoms with E-state index in [0.29, 0.717) is 24.9 Å². The van der Waals surface area contributed by atoms with Crippen LogP contribution in [-0.2, 0) is 24.4 Å². The molecule has 0 spiro atoms. The number of aryl methyl sites for hydroxylation is 2. The van der Waals surface area contributed by atoms with Gasteiger partial charge >= 0.3 is 0 Å². The van der Waals surface area contributed by atoms with Crippen LogP contribution >= 0.6 is 24.8 Å². The lowest BCUT2D eigenvalue weighted by Gasteiger charge is -2.46. The molecule has 2 aromatic rings. The first-order valence-corrected chi connectivity index (χ1v) is 13.3. The highest BCUT2D eigenvalue weighted by Gasteiger charge is 2.36. The highest BCUT2D eigenvalue weighted by molar-refractivity contribution is 5.85. The molecule has 2 saturated heterocycles. The van der Waals surface area contributed by atoms with Crippen LogP contribution in [0.25, 0.3) is 0 Å². The largest absolute Gasteiger partial charge is 0.339 e. The van der Waals surface area contributed by atoms with E-state index in [-0.39, 0.29) is 30.7 Å². The van der Waals surface area contributed by atoms with E-state index in [1.807, 2.05) is 9.58 Å². The van der Waals surface area contributed by atoms with Gasteiger partial charge in [0.1, 0.15) is 0 Å². The highest BCUT2D eigenvalue weighted by Crippen LogP contribution is 2.31. The highest BCUT2D eigenvalue weighted by atomic mass is 35.5. The molecule has 2 fully saturated rings. The molecule has 3 atom stereocenters. The SMILES string of the molecule is CCN(Cc1c(C)nn(CC)c1C)C(=O)CCC[C@H]1NCC2CC1CN(Cc1ccccc1)C2.Cl.Cl. The van der Waals surface area contributed by atoms with Crippen LogP contribution in [0, 0.1) is 25.7 Å². The van der Waals surface area contributed by atoms with Gasteiger partial charge in [0, 0.05) is 63.0 Å². The van der Waals surface area contributed by atoms with Crippen LogP contribution < -0.4 is 5.32 Å². The third-order valence-corrected chi connectivity index (χ3v) is 7.95. The molecule has 2 bridgehead atoms. The van der Waals surface area contributed by atoms with Crippen molar-refractivity contribution in [2.24, 2.45) is 11.8 Å². The van der Waals surface area contributed by atoms with Gasteiger partial charge in [-0.1, -0.05) is 30.3 Å². The zero-order valence-corrected chi connectivity index (χ0v) is 24.0. The number of amides is 1. The number of aromatic nitrogens is 2. The lowest BCUT2D eigenvalue weighted by atomic mass is 9.79. The van der Waals surface area contributed by atoms with Crippen molar-refractivity contribution in [2.75, 3.05) is 26.2 Å². The number of carbonyl (C=O) groups is 1. The number of fused-ring (bicyclic) bond motifs is 2. The van der Waals surface area contributed by atoms with Crippen LogP contribution in [0.2, 0.25) is 0 Å². The van der Waals surface area contributed by atoms with E-state index in [2.05, 4.69) is 73.3 Å². The average Bonchev–Trinajstić information content (AvgIpc) is 3.11.